The monoisotopic (exact) mass is 313 g/mol. The molecule has 23 heavy (non-hydrogen) atoms. The van der Waals surface area contributed by atoms with Gasteiger partial charge in [-0.05, 0) is 34.9 Å². The summed E-state index contributed by atoms with van der Waals surface area (Å²) in [5.74, 6) is -1.10. The molecule has 0 aliphatic rings. The van der Waals surface area contributed by atoms with Crippen molar-refractivity contribution in [2.75, 3.05) is 6.61 Å². The van der Waals surface area contributed by atoms with Gasteiger partial charge in [-0.3, -0.25) is 10.0 Å². The van der Waals surface area contributed by atoms with Crippen molar-refractivity contribution in [2.45, 2.75) is 0 Å². The van der Waals surface area contributed by atoms with E-state index >= 15 is 0 Å². The predicted molar refractivity (Wildman–Crippen MR) is 84.0 cm³/mol. The number of nitrogens with one attached hydrogen (secondary N) is 1. The van der Waals surface area contributed by atoms with Gasteiger partial charge in [-0.1, -0.05) is 36.4 Å². The number of ether oxygens (including phenoxy) is 1. The number of carboxylic acids is 1. The number of rotatable bonds is 6. The number of benzene rings is 2. The van der Waals surface area contributed by atoms with Crippen LogP contribution < -0.4 is 10.2 Å². The molecular weight excluding hydrogens is 298 g/mol. The minimum absolute atomic E-state index is 0.263. The molecule has 0 fully saturated rings. The van der Waals surface area contributed by atoms with Gasteiger partial charge in [-0.2, -0.15) is 0 Å². The lowest BCUT2D eigenvalue weighted by Gasteiger charge is -2.06. The molecule has 0 spiro atoms. The number of hydrogen-bond donors (Lipinski definition) is 3. The fraction of sp³-hybridized carbons (Fsp3) is 0.0588. The maximum Gasteiger partial charge on any atom is 0.328 e. The van der Waals surface area contributed by atoms with Gasteiger partial charge < -0.3 is 9.84 Å². The highest BCUT2D eigenvalue weighted by molar-refractivity contribution is 5.85. The van der Waals surface area contributed by atoms with Crippen LogP contribution in [0.4, 0.5) is 0 Å². The van der Waals surface area contributed by atoms with Gasteiger partial charge in [0.25, 0.3) is 5.91 Å². The molecule has 0 atom stereocenters. The van der Waals surface area contributed by atoms with E-state index in [9.17, 15) is 9.59 Å². The van der Waals surface area contributed by atoms with E-state index in [2.05, 4.69) is 0 Å². The van der Waals surface area contributed by atoms with Crippen LogP contribution in [-0.4, -0.2) is 28.8 Å². The average Bonchev–Trinajstić information content (AvgIpc) is 2.58. The number of carboxylic acid groups (broad SMARTS) is 1. The molecule has 0 aliphatic heterocycles. The largest absolute Gasteiger partial charge is 0.484 e. The van der Waals surface area contributed by atoms with Crippen molar-refractivity contribution in [1.29, 1.82) is 0 Å². The van der Waals surface area contributed by atoms with E-state index in [1.807, 2.05) is 36.4 Å². The van der Waals surface area contributed by atoms with Gasteiger partial charge in [0.1, 0.15) is 5.75 Å². The van der Waals surface area contributed by atoms with Crippen molar-refractivity contribution >= 4 is 18.0 Å². The summed E-state index contributed by atoms with van der Waals surface area (Å²) in [4.78, 5) is 21.3. The van der Waals surface area contributed by atoms with Crippen molar-refractivity contribution in [2.24, 2.45) is 0 Å². The van der Waals surface area contributed by atoms with Gasteiger partial charge in [0.2, 0.25) is 0 Å². The van der Waals surface area contributed by atoms with Crippen molar-refractivity contribution < 1.29 is 24.6 Å². The number of amides is 1. The third-order valence-electron chi connectivity index (χ3n) is 3.01. The second-order valence-corrected chi connectivity index (χ2v) is 4.64. The zero-order chi connectivity index (χ0) is 16.7. The van der Waals surface area contributed by atoms with Gasteiger partial charge in [-0.25, -0.2) is 10.3 Å². The SMILES string of the molecule is O=C(O)C=Cc1ccc(-c2ccc(OCC(=O)NO)cc2)cc1. The summed E-state index contributed by atoms with van der Waals surface area (Å²) in [6.45, 7) is -0.263. The summed E-state index contributed by atoms with van der Waals surface area (Å²) in [5, 5.41) is 17.0. The Morgan fingerprint density at radius 3 is 2.09 bits per heavy atom. The number of hydroxylamine groups is 1. The molecule has 118 valence electrons. The molecule has 0 unspecified atom stereocenters. The van der Waals surface area contributed by atoms with Crippen molar-refractivity contribution in [1.82, 2.24) is 5.48 Å². The van der Waals surface area contributed by atoms with Gasteiger partial charge in [-0.15, -0.1) is 0 Å². The van der Waals surface area contributed by atoms with E-state index in [-0.39, 0.29) is 6.61 Å². The van der Waals surface area contributed by atoms with E-state index < -0.39 is 11.9 Å². The van der Waals surface area contributed by atoms with Gasteiger partial charge in [0, 0.05) is 6.08 Å². The average molecular weight is 313 g/mol. The molecule has 6 heteroatoms. The molecule has 6 nitrogen and oxygen atoms in total. The van der Waals surface area contributed by atoms with Crippen LogP contribution in [0.1, 0.15) is 5.56 Å². The Morgan fingerprint density at radius 2 is 1.57 bits per heavy atom. The lowest BCUT2D eigenvalue weighted by atomic mass is 10.0. The molecule has 3 N–H and O–H groups in total. The normalized spacial score (nSPS) is 10.5. The Morgan fingerprint density at radius 1 is 1.00 bits per heavy atom. The molecule has 2 rings (SSSR count). The fourth-order valence-electron chi connectivity index (χ4n) is 1.88. The van der Waals surface area contributed by atoms with Crippen molar-refractivity contribution in [3.05, 3.63) is 60.2 Å². The van der Waals surface area contributed by atoms with Gasteiger partial charge in [0.05, 0.1) is 0 Å². The summed E-state index contributed by atoms with van der Waals surface area (Å²) in [6.07, 6.45) is 2.61. The molecule has 2 aromatic carbocycles. The predicted octanol–water partition coefficient (Wildman–Crippen LogP) is 2.34. The van der Waals surface area contributed by atoms with E-state index in [1.54, 1.807) is 12.1 Å². The summed E-state index contributed by atoms with van der Waals surface area (Å²) in [5.41, 5.74) is 4.21. The highest BCUT2D eigenvalue weighted by Crippen LogP contribution is 2.23. The smallest absolute Gasteiger partial charge is 0.328 e. The van der Waals surface area contributed by atoms with E-state index in [0.717, 1.165) is 22.8 Å². The second kappa shape index (κ2) is 7.77. The number of carbonyl (C=O) groups excluding carboxylic acids is 1. The highest BCUT2D eigenvalue weighted by atomic mass is 16.5. The maximum absolute atomic E-state index is 10.9. The number of aliphatic carboxylic acids is 1. The second-order valence-electron chi connectivity index (χ2n) is 4.64. The zero-order valence-electron chi connectivity index (χ0n) is 12.1. The van der Waals surface area contributed by atoms with Crippen molar-refractivity contribution in [3.63, 3.8) is 0 Å². The Balaban J connectivity index is 2.04. The number of hydrogen-bond acceptors (Lipinski definition) is 4. The van der Waals surface area contributed by atoms with Crippen LogP contribution in [0.2, 0.25) is 0 Å². The quantitative estimate of drug-likeness (QED) is 0.432. The van der Waals surface area contributed by atoms with Gasteiger partial charge >= 0.3 is 5.97 Å². The van der Waals surface area contributed by atoms with E-state index in [0.29, 0.717) is 5.75 Å². The highest BCUT2D eigenvalue weighted by Gasteiger charge is 2.02. The standard InChI is InChI=1S/C17H15NO5/c19-16(18-22)11-23-15-8-6-14(7-9-15)13-4-1-12(2-5-13)3-10-17(20)21/h1-10,22H,11H2,(H,18,19)(H,20,21). The summed E-state index contributed by atoms with van der Waals surface area (Å²) in [7, 11) is 0. The first-order valence-corrected chi connectivity index (χ1v) is 6.76. The lowest BCUT2D eigenvalue weighted by molar-refractivity contribution is -0.132. The Bertz CT molecular complexity index is 705. The first-order valence-electron chi connectivity index (χ1n) is 6.76. The van der Waals surface area contributed by atoms with Crippen LogP contribution in [0.3, 0.4) is 0 Å². The third-order valence-corrected chi connectivity index (χ3v) is 3.01. The van der Waals surface area contributed by atoms with Crippen molar-refractivity contribution in [3.8, 4) is 16.9 Å². The maximum atomic E-state index is 10.9. The molecule has 2 aromatic rings. The minimum Gasteiger partial charge on any atom is -0.484 e. The van der Waals surface area contributed by atoms with Gasteiger partial charge in [0.15, 0.2) is 6.61 Å². The summed E-state index contributed by atoms with van der Waals surface area (Å²) < 4.78 is 5.19. The Kier molecular flexibility index (Phi) is 5.49. The third kappa shape index (κ3) is 4.98. The summed E-state index contributed by atoms with van der Waals surface area (Å²) in [6, 6.07) is 14.5. The summed E-state index contributed by atoms with van der Waals surface area (Å²) >= 11 is 0. The molecule has 0 aliphatic carbocycles. The first kappa shape index (κ1) is 16.3. The molecule has 0 aromatic heterocycles. The molecule has 0 saturated carbocycles. The Labute approximate surface area is 132 Å². The van der Waals surface area contributed by atoms with Crippen LogP contribution in [0.5, 0.6) is 5.75 Å². The Hall–Kier alpha value is -3.12. The molecule has 0 saturated heterocycles. The van der Waals surface area contributed by atoms with Crippen LogP contribution in [-0.2, 0) is 9.59 Å². The zero-order valence-corrected chi connectivity index (χ0v) is 12.1. The topological polar surface area (TPSA) is 95.9 Å². The first-order chi connectivity index (χ1) is 11.1. The van der Waals surface area contributed by atoms with Crippen LogP contribution in [0.25, 0.3) is 17.2 Å². The molecular formula is C17H15NO5. The number of carbonyl (C=O) groups is 2. The van der Waals surface area contributed by atoms with E-state index in [4.69, 9.17) is 15.1 Å². The lowest BCUT2D eigenvalue weighted by Crippen LogP contribution is -2.25. The van der Waals surface area contributed by atoms with Crippen LogP contribution >= 0.6 is 0 Å². The minimum atomic E-state index is -0.987. The molecule has 1 amide bonds. The van der Waals surface area contributed by atoms with E-state index in [1.165, 1.54) is 11.6 Å². The molecule has 0 bridgehead atoms. The van der Waals surface area contributed by atoms with Crippen LogP contribution in [0, 0.1) is 0 Å². The molecule has 0 heterocycles. The molecule has 0 radical (unpaired) electrons. The van der Waals surface area contributed by atoms with Crippen LogP contribution in [0.15, 0.2) is 54.6 Å². The fourth-order valence-corrected chi connectivity index (χ4v) is 1.88.